The predicted molar refractivity (Wildman–Crippen MR) is 159 cm³/mol. The Hall–Kier alpha value is -5.19. The summed E-state index contributed by atoms with van der Waals surface area (Å²) >= 11 is 0. The van der Waals surface area contributed by atoms with Gasteiger partial charge in [-0.2, -0.15) is 25.3 Å². The van der Waals surface area contributed by atoms with Crippen LogP contribution in [0.15, 0.2) is 130 Å². The highest BCUT2D eigenvalue weighted by atomic mass is 32.2. The van der Waals surface area contributed by atoms with Gasteiger partial charge in [0.05, 0.1) is 5.56 Å². The number of rotatable bonds is 11. The molecule has 242 valence electrons. The lowest BCUT2D eigenvalue weighted by atomic mass is 10.0. The van der Waals surface area contributed by atoms with Gasteiger partial charge in [0.15, 0.2) is 11.5 Å². The van der Waals surface area contributed by atoms with Crippen LogP contribution < -0.4 is 12.5 Å². The van der Waals surface area contributed by atoms with Gasteiger partial charge in [-0.3, -0.25) is 4.79 Å². The molecule has 10 nitrogen and oxygen atoms in total. The molecule has 0 atom stereocenters. The van der Waals surface area contributed by atoms with Crippen LogP contribution in [0.4, 0.5) is 13.2 Å². The summed E-state index contributed by atoms with van der Waals surface area (Å²) in [7, 11) is -15.0. The quantitative estimate of drug-likeness (QED) is 0.125. The van der Waals surface area contributed by atoms with Crippen molar-refractivity contribution in [1.82, 2.24) is 0 Å². The van der Waals surface area contributed by atoms with Gasteiger partial charge in [0.1, 0.15) is 32.1 Å². The Morgan fingerprint density at radius 1 is 0.447 bits per heavy atom. The van der Waals surface area contributed by atoms with Crippen molar-refractivity contribution in [3.05, 3.63) is 144 Å². The zero-order valence-electron chi connectivity index (χ0n) is 23.4. The number of carbonyl (C=O) groups excluding carboxylic acids is 1. The fourth-order valence-corrected chi connectivity index (χ4v) is 6.81. The summed E-state index contributed by atoms with van der Waals surface area (Å²) in [6, 6.07) is 18.6. The minimum absolute atomic E-state index is 0.0310. The Bertz CT molecular complexity index is 2280. The first kappa shape index (κ1) is 33.2. The van der Waals surface area contributed by atoms with Crippen LogP contribution in [-0.2, 0) is 30.4 Å². The zero-order chi connectivity index (χ0) is 34.0. The van der Waals surface area contributed by atoms with Crippen molar-refractivity contribution in [2.75, 3.05) is 0 Å². The molecule has 0 amide bonds. The number of benzene rings is 5. The van der Waals surface area contributed by atoms with Crippen LogP contribution in [0, 0.1) is 17.5 Å². The van der Waals surface area contributed by atoms with Crippen LogP contribution in [-0.4, -0.2) is 31.0 Å². The Kier molecular flexibility index (Phi) is 9.11. The zero-order valence-corrected chi connectivity index (χ0v) is 25.9. The molecule has 16 heteroatoms. The Morgan fingerprint density at radius 3 is 1.26 bits per heavy atom. The van der Waals surface area contributed by atoms with E-state index in [2.05, 4.69) is 0 Å². The summed E-state index contributed by atoms with van der Waals surface area (Å²) < 4.78 is 136. The molecule has 0 aromatic heterocycles. The molecule has 0 bridgehead atoms. The van der Waals surface area contributed by atoms with Crippen molar-refractivity contribution < 1.29 is 55.8 Å². The molecule has 5 aromatic carbocycles. The summed E-state index contributed by atoms with van der Waals surface area (Å²) in [4.78, 5) is 11.7. The maximum Gasteiger partial charge on any atom is 0.339 e. The standard InChI is InChI=1S/C31H19F3O10S3/c32-21-6-12-24(13-7-21)45(36,37)42-28-19-18-27(29(35)20-4-2-1-3-5-20)30(43-46(38,39)25-14-8-22(33)9-15-25)31(28)44-47(40,41)26-16-10-23(34)11-17-26/h1-19H. The summed E-state index contributed by atoms with van der Waals surface area (Å²) in [5.74, 6) is -6.65. The normalized spacial score (nSPS) is 11.9. The number of hydrogen-bond donors (Lipinski definition) is 0. The van der Waals surface area contributed by atoms with Crippen molar-refractivity contribution in [1.29, 1.82) is 0 Å². The first-order valence-electron chi connectivity index (χ1n) is 13.0. The lowest BCUT2D eigenvalue weighted by molar-refractivity contribution is 0.103. The molecule has 0 spiro atoms. The maximum atomic E-state index is 13.6. The SMILES string of the molecule is O=C(c1ccccc1)c1ccc(OS(=O)(=O)c2ccc(F)cc2)c(OS(=O)(=O)c2ccc(F)cc2)c1OS(=O)(=O)c1ccc(F)cc1. The minimum Gasteiger partial charge on any atom is -0.375 e. The van der Waals surface area contributed by atoms with E-state index < -0.39 is 91.1 Å². The summed E-state index contributed by atoms with van der Waals surface area (Å²) in [5.41, 5.74) is -0.658. The molecule has 0 saturated carbocycles. The summed E-state index contributed by atoms with van der Waals surface area (Å²) in [6.07, 6.45) is 0. The van der Waals surface area contributed by atoms with Gasteiger partial charge in [-0.05, 0) is 84.9 Å². The van der Waals surface area contributed by atoms with Gasteiger partial charge in [0, 0.05) is 5.56 Å². The molecular weight excluding hydrogens is 686 g/mol. The van der Waals surface area contributed by atoms with Crippen LogP contribution in [0.5, 0.6) is 17.2 Å². The molecule has 0 radical (unpaired) electrons. The first-order chi connectivity index (χ1) is 22.2. The third kappa shape index (κ3) is 7.45. The molecule has 0 heterocycles. The molecule has 0 aliphatic rings. The number of ketones is 1. The van der Waals surface area contributed by atoms with Gasteiger partial charge in [0.25, 0.3) is 0 Å². The van der Waals surface area contributed by atoms with Gasteiger partial charge < -0.3 is 12.5 Å². The van der Waals surface area contributed by atoms with E-state index in [-0.39, 0.29) is 5.56 Å². The third-order valence-electron chi connectivity index (χ3n) is 6.25. The Balaban J connectivity index is 1.76. The molecule has 47 heavy (non-hydrogen) atoms. The Labute approximate surface area is 267 Å². The molecular formula is C31H19F3O10S3. The van der Waals surface area contributed by atoms with E-state index in [1.165, 1.54) is 24.3 Å². The van der Waals surface area contributed by atoms with Crippen molar-refractivity contribution in [3.63, 3.8) is 0 Å². The molecule has 0 aliphatic heterocycles. The molecule has 0 fully saturated rings. The van der Waals surface area contributed by atoms with Crippen LogP contribution in [0.1, 0.15) is 15.9 Å². The average molecular weight is 705 g/mol. The summed E-state index contributed by atoms with van der Waals surface area (Å²) in [6.45, 7) is 0. The lowest BCUT2D eigenvalue weighted by Gasteiger charge is -2.19. The van der Waals surface area contributed by atoms with E-state index in [1.807, 2.05) is 0 Å². The Morgan fingerprint density at radius 2 is 0.830 bits per heavy atom. The topological polar surface area (TPSA) is 147 Å². The average Bonchev–Trinajstić information content (AvgIpc) is 3.03. The minimum atomic E-state index is -5.06. The van der Waals surface area contributed by atoms with Gasteiger partial charge in [-0.1, -0.05) is 30.3 Å². The van der Waals surface area contributed by atoms with E-state index in [0.29, 0.717) is 0 Å². The summed E-state index contributed by atoms with van der Waals surface area (Å²) in [5, 5.41) is 0. The molecule has 0 saturated heterocycles. The second kappa shape index (κ2) is 12.9. The highest BCUT2D eigenvalue weighted by Crippen LogP contribution is 2.45. The van der Waals surface area contributed by atoms with Crippen LogP contribution in [0.3, 0.4) is 0 Å². The predicted octanol–water partition coefficient (Wildman–Crippen LogP) is 5.64. The highest BCUT2D eigenvalue weighted by Gasteiger charge is 2.33. The monoisotopic (exact) mass is 704 g/mol. The fraction of sp³-hybridized carbons (Fsp3) is 0. The number of carbonyl (C=O) groups is 1. The van der Waals surface area contributed by atoms with Crippen LogP contribution in [0.25, 0.3) is 0 Å². The first-order valence-corrected chi connectivity index (χ1v) is 17.3. The molecule has 0 N–H and O–H groups in total. The van der Waals surface area contributed by atoms with E-state index in [4.69, 9.17) is 12.5 Å². The largest absolute Gasteiger partial charge is 0.375 e. The molecule has 0 unspecified atom stereocenters. The van der Waals surface area contributed by atoms with Crippen molar-refractivity contribution in [2.45, 2.75) is 14.7 Å². The van der Waals surface area contributed by atoms with Crippen molar-refractivity contribution in [3.8, 4) is 17.2 Å². The van der Waals surface area contributed by atoms with Gasteiger partial charge in [-0.15, -0.1) is 0 Å². The third-order valence-corrected chi connectivity index (χ3v) is 9.97. The van der Waals surface area contributed by atoms with E-state index in [1.54, 1.807) is 6.07 Å². The van der Waals surface area contributed by atoms with Gasteiger partial charge in [0.2, 0.25) is 11.5 Å². The smallest absolute Gasteiger partial charge is 0.339 e. The number of halogens is 3. The van der Waals surface area contributed by atoms with Crippen molar-refractivity contribution in [2.24, 2.45) is 0 Å². The maximum absolute atomic E-state index is 13.6. The number of hydrogen-bond acceptors (Lipinski definition) is 10. The molecule has 5 rings (SSSR count). The van der Waals surface area contributed by atoms with E-state index in [0.717, 1.165) is 84.9 Å². The fourth-order valence-electron chi connectivity index (χ4n) is 3.98. The van der Waals surface area contributed by atoms with Crippen molar-refractivity contribution >= 4 is 36.1 Å². The van der Waals surface area contributed by atoms with Crippen LogP contribution >= 0.6 is 0 Å². The second-order valence-electron chi connectivity index (χ2n) is 9.44. The molecule has 0 aliphatic carbocycles. The molecule has 5 aromatic rings. The van der Waals surface area contributed by atoms with Gasteiger partial charge in [-0.25, -0.2) is 13.2 Å². The highest BCUT2D eigenvalue weighted by molar-refractivity contribution is 7.87. The van der Waals surface area contributed by atoms with E-state index in [9.17, 15) is 43.2 Å². The van der Waals surface area contributed by atoms with E-state index >= 15 is 0 Å². The van der Waals surface area contributed by atoms with Crippen LogP contribution in [0.2, 0.25) is 0 Å². The second-order valence-corrected chi connectivity index (χ2v) is 14.1. The van der Waals surface area contributed by atoms with Gasteiger partial charge >= 0.3 is 30.4 Å². The lowest BCUT2D eigenvalue weighted by Crippen LogP contribution is -2.18.